The van der Waals surface area contributed by atoms with Crippen LogP contribution < -0.4 is 10.6 Å². The van der Waals surface area contributed by atoms with E-state index in [1.807, 2.05) is 0 Å². The zero-order chi connectivity index (χ0) is 21.0. The van der Waals surface area contributed by atoms with Crippen molar-refractivity contribution in [3.8, 4) is 0 Å². The number of hydrogen-bond donors (Lipinski definition) is 2. The molecular formula is C21H20FN3O4. The lowest BCUT2D eigenvalue weighted by Crippen LogP contribution is -2.49. The van der Waals surface area contributed by atoms with Crippen molar-refractivity contribution in [2.75, 3.05) is 13.1 Å². The Balaban J connectivity index is 1.45. The standard InChI is InChI=1S/C21H20FN3O4/c1-13(25-20(28)16-4-2-3-5-17(16)21(25)29)19(27)24-11-10-23-18(26)12-14-6-8-15(22)9-7-14/h2-9,13H,10-12H2,1H3,(H,23,26)(H,24,27). The molecule has 3 rings (SSSR count). The average molecular weight is 397 g/mol. The molecule has 0 aliphatic carbocycles. The molecule has 2 N–H and O–H groups in total. The van der Waals surface area contributed by atoms with Crippen molar-refractivity contribution >= 4 is 23.6 Å². The van der Waals surface area contributed by atoms with Gasteiger partial charge < -0.3 is 10.6 Å². The minimum Gasteiger partial charge on any atom is -0.354 e. The molecule has 2 aromatic rings. The summed E-state index contributed by atoms with van der Waals surface area (Å²) in [6, 6.07) is 11.1. The Kier molecular flexibility index (Phi) is 6.01. The second-order valence-electron chi connectivity index (χ2n) is 6.65. The molecule has 0 bridgehead atoms. The molecular weight excluding hydrogens is 377 g/mol. The van der Waals surface area contributed by atoms with Crippen LogP contribution in [0.15, 0.2) is 48.5 Å². The quantitative estimate of drug-likeness (QED) is 0.544. The van der Waals surface area contributed by atoms with Gasteiger partial charge in [0, 0.05) is 13.1 Å². The first-order valence-corrected chi connectivity index (χ1v) is 9.14. The number of imide groups is 1. The van der Waals surface area contributed by atoms with Crippen LogP contribution in [0.2, 0.25) is 0 Å². The highest BCUT2D eigenvalue weighted by Crippen LogP contribution is 2.24. The van der Waals surface area contributed by atoms with Gasteiger partial charge in [-0.3, -0.25) is 24.1 Å². The Morgan fingerprint density at radius 1 is 0.931 bits per heavy atom. The molecule has 0 fully saturated rings. The highest BCUT2D eigenvalue weighted by atomic mass is 19.1. The summed E-state index contributed by atoms with van der Waals surface area (Å²) >= 11 is 0. The van der Waals surface area contributed by atoms with Crippen LogP contribution in [0, 0.1) is 5.82 Å². The van der Waals surface area contributed by atoms with Gasteiger partial charge in [0.05, 0.1) is 17.5 Å². The highest BCUT2D eigenvalue weighted by Gasteiger charge is 2.40. The van der Waals surface area contributed by atoms with Crippen molar-refractivity contribution in [1.29, 1.82) is 0 Å². The van der Waals surface area contributed by atoms with E-state index < -0.39 is 23.8 Å². The number of halogens is 1. The summed E-state index contributed by atoms with van der Waals surface area (Å²) in [6.45, 7) is 1.80. The molecule has 4 amide bonds. The third-order valence-corrected chi connectivity index (χ3v) is 4.62. The van der Waals surface area contributed by atoms with Crippen LogP contribution >= 0.6 is 0 Å². The van der Waals surface area contributed by atoms with Gasteiger partial charge in [-0.1, -0.05) is 24.3 Å². The van der Waals surface area contributed by atoms with E-state index in [0.717, 1.165) is 4.90 Å². The molecule has 0 saturated carbocycles. The van der Waals surface area contributed by atoms with E-state index in [-0.39, 0.29) is 42.4 Å². The van der Waals surface area contributed by atoms with E-state index in [1.54, 1.807) is 24.3 Å². The van der Waals surface area contributed by atoms with Crippen molar-refractivity contribution in [3.05, 3.63) is 71.0 Å². The first-order chi connectivity index (χ1) is 13.9. The molecule has 29 heavy (non-hydrogen) atoms. The lowest BCUT2D eigenvalue weighted by molar-refractivity contribution is -0.125. The maximum atomic E-state index is 12.9. The van der Waals surface area contributed by atoms with Crippen LogP contribution in [-0.4, -0.2) is 47.7 Å². The first-order valence-electron chi connectivity index (χ1n) is 9.14. The molecule has 1 atom stereocenters. The number of hydrogen-bond acceptors (Lipinski definition) is 4. The van der Waals surface area contributed by atoms with Gasteiger partial charge in [-0.2, -0.15) is 0 Å². The third kappa shape index (κ3) is 4.48. The molecule has 0 spiro atoms. The van der Waals surface area contributed by atoms with Gasteiger partial charge in [0.15, 0.2) is 0 Å². The Hall–Kier alpha value is -3.55. The van der Waals surface area contributed by atoms with Crippen LogP contribution in [0.25, 0.3) is 0 Å². The maximum Gasteiger partial charge on any atom is 0.262 e. The van der Waals surface area contributed by atoms with Gasteiger partial charge >= 0.3 is 0 Å². The average Bonchev–Trinajstić information content (AvgIpc) is 2.97. The van der Waals surface area contributed by atoms with Crippen LogP contribution in [0.4, 0.5) is 4.39 Å². The zero-order valence-corrected chi connectivity index (χ0v) is 15.8. The number of benzene rings is 2. The molecule has 150 valence electrons. The lowest BCUT2D eigenvalue weighted by atomic mass is 10.1. The molecule has 1 aliphatic heterocycles. The van der Waals surface area contributed by atoms with Crippen LogP contribution in [0.1, 0.15) is 33.2 Å². The summed E-state index contributed by atoms with van der Waals surface area (Å²) in [6.07, 6.45) is 0.0969. The van der Waals surface area contributed by atoms with Gasteiger partial charge in [0.25, 0.3) is 11.8 Å². The minimum atomic E-state index is -0.975. The van der Waals surface area contributed by atoms with E-state index in [1.165, 1.54) is 31.2 Å². The predicted octanol–water partition coefficient (Wildman–Crippen LogP) is 1.29. The Morgan fingerprint density at radius 3 is 2.07 bits per heavy atom. The van der Waals surface area contributed by atoms with Crippen LogP contribution in [0.5, 0.6) is 0 Å². The number of fused-ring (bicyclic) bond motifs is 1. The van der Waals surface area contributed by atoms with E-state index in [4.69, 9.17) is 0 Å². The zero-order valence-electron chi connectivity index (χ0n) is 15.8. The van der Waals surface area contributed by atoms with E-state index in [2.05, 4.69) is 10.6 Å². The van der Waals surface area contributed by atoms with E-state index in [9.17, 15) is 23.6 Å². The number of nitrogens with one attached hydrogen (secondary N) is 2. The number of carbonyl (C=O) groups excluding carboxylic acids is 4. The highest BCUT2D eigenvalue weighted by molar-refractivity contribution is 6.22. The van der Waals surface area contributed by atoms with E-state index in [0.29, 0.717) is 5.56 Å². The number of nitrogens with zero attached hydrogens (tertiary/aromatic N) is 1. The Labute approximate surface area is 166 Å². The van der Waals surface area contributed by atoms with Crippen molar-refractivity contribution in [1.82, 2.24) is 15.5 Å². The second kappa shape index (κ2) is 8.64. The van der Waals surface area contributed by atoms with Crippen molar-refractivity contribution in [3.63, 3.8) is 0 Å². The molecule has 1 unspecified atom stereocenters. The third-order valence-electron chi connectivity index (χ3n) is 4.62. The van der Waals surface area contributed by atoms with Gasteiger partial charge in [0.2, 0.25) is 11.8 Å². The summed E-state index contributed by atoms with van der Waals surface area (Å²) in [5.74, 6) is -2.13. The molecule has 8 heteroatoms. The monoisotopic (exact) mass is 397 g/mol. The summed E-state index contributed by atoms with van der Waals surface area (Å²) in [4.78, 5) is 50.0. The molecule has 1 heterocycles. The summed E-state index contributed by atoms with van der Waals surface area (Å²) < 4.78 is 12.9. The summed E-state index contributed by atoms with van der Waals surface area (Å²) in [5.41, 5.74) is 1.24. The second-order valence-corrected chi connectivity index (χ2v) is 6.65. The topological polar surface area (TPSA) is 95.6 Å². The largest absolute Gasteiger partial charge is 0.354 e. The lowest BCUT2D eigenvalue weighted by Gasteiger charge is -2.21. The van der Waals surface area contributed by atoms with Gasteiger partial charge in [0.1, 0.15) is 11.9 Å². The molecule has 1 aliphatic rings. The Bertz CT molecular complexity index is 924. The molecule has 2 aromatic carbocycles. The Morgan fingerprint density at radius 2 is 1.48 bits per heavy atom. The van der Waals surface area contributed by atoms with Gasteiger partial charge in [-0.15, -0.1) is 0 Å². The van der Waals surface area contributed by atoms with Gasteiger partial charge in [-0.05, 0) is 36.8 Å². The normalized spacial score (nSPS) is 13.8. The number of amides is 4. The van der Waals surface area contributed by atoms with Crippen molar-refractivity contribution < 1.29 is 23.6 Å². The number of rotatable bonds is 7. The predicted molar refractivity (Wildman–Crippen MR) is 103 cm³/mol. The minimum absolute atomic E-state index is 0.0969. The van der Waals surface area contributed by atoms with Crippen LogP contribution in [0.3, 0.4) is 0 Å². The van der Waals surface area contributed by atoms with Crippen molar-refractivity contribution in [2.45, 2.75) is 19.4 Å². The molecule has 0 saturated heterocycles. The summed E-state index contributed by atoms with van der Waals surface area (Å²) in [5, 5.41) is 5.25. The van der Waals surface area contributed by atoms with Crippen LogP contribution in [-0.2, 0) is 16.0 Å². The molecule has 0 aromatic heterocycles. The fourth-order valence-electron chi connectivity index (χ4n) is 3.06. The van der Waals surface area contributed by atoms with Crippen molar-refractivity contribution in [2.24, 2.45) is 0 Å². The number of carbonyl (C=O) groups is 4. The SMILES string of the molecule is CC(C(=O)NCCNC(=O)Cc1ccc(F)cc1)N1C(=O)c2ccccc2C1=O. The maximum absolute atomic E-state index is 12.9. The van der Waals surface area contributed by atoms with Gasteiger partial charge in [-0.25, -0.2) is 4.39 Å². The first kappa shape index (κ1) is 20.2. The molecule has 7 nitrogen and oxygen atoms in total. The van der Waals surface area contributed by atoms with E-state index >= 15 is 0 Å². The summed E-state index contributed by atoms with van der Waals surface area (Å²) in [7, 11) is 0. The molecule has 0 radical (unpaired) electrons. The smallest absolute Gasteiger partial charge is 0.262 e. The fourth-order valence-corrected chi connectivity index (χ4v) is 3.06. The fraction of sp³-hybridized carbons (Fsp3) is 0.238.